The molecule has 6 heteroatoms. The van der Waals surface area contributed by atoms with Gasteiger partial charge in [-0.25, -0.2) is 0 Å². The third-order valence-electron chi connectivity index (χ3n) is 3.58. The van der Waals surface area contributed by atoms with Gasteiger partial charge in [-0.05, 0) is 37.0 Å². The maximum absolute atomic E-state index is 11.1. The Labute approximate surface area is 128 Å². The second kappa shape index (κ2) is 6.69. The van der Waals surface area contributed by atoms with E-state index >= 15 is 0 Å². The highest BCUT2D eigenvalue weighted by Gasteiger charge is 2.17. The van der Waals surface area contributed by atoms with Crippen LogP contribution in [0.4, 0.5) is 11.4 Å². The number of hydrogen-bond donors (Lipinski definition) is 1. The van der Waals surface area contributed by atoms with Gasteiger partial charge in [-0.3, -0.25) is 15.0 Å². The molecule has 0 radical (unpaired) electrons. The molecule has 0 amide bonds. The molecule has 2 aromatic rings. The molecule has 0 spiro atoms. The predicted molar refractivity (Wildman–Crippen MR) is 86.8 cm³/mol. The number of nitrogens with zero attached hydrogens (tertiary/aromatic N) is 2. The summed E-state index contributed by atoms with van der Waals surface area (Å²) in [6, 6.07) is 9.76. The minimum atomic E-state index is -0.349. The molecule has 21 heavy (non-hydrogen) atoms. The number of thiophene rings is 1. The highest BCUT2D eigenvalue weighted by atomic mass is 32.1. The van der Waals surface area contributed by atoms with E-state index in [1.165, 1.54) is 4.88 Å². The van der Waals surface area contributed by atoms with Gasteiger partial charge in [-0.15, -0.1) is 11.3 Å². The van der Waals surface area contributed by atoms with Crippen LogP contribution in [0.5, 0.6) is 0 Å². The topological polar surface area (TPSA) is 58.4 Å². The van der Waals surface area contributed by atoms with Crippen LogP contribution in [0, 0.1) is 10.1 Å². The van der Waals surface area contributed by atoms with Crippen molar-refractivity contribution in [1.82, 2.24) is 4.90 Å². The molecule has 1 heterocycles. The number of rotatable bonds is 6. The van der Waals surface area contributed by atoms with Crippen molar-refractivity contribution in [3.05, 3.63) is 56.3 Å². The van der Waals surface area contributed by atoms with Gasteiger partial charge in [0.05, 0.1) is 4.92 Å². The van der Waals surface area contributed by atoms with Gasteiger partial charge >= 0.3 is 0 Å². The molecular weight excluding hydrogens is 286 g/mol. The van der Waals surface area contributed by atoms with E-state index in [1.54, 1.807) is 30.5 Å². The number of nitro groups is 1. The lowest BCUT2D eigenvalue weighted by Crippen LogP contribution is -2.21. The van der Waals surface area contributed by atoms with Crippen LogP contribution in [0.2, 0.25) is 0 Å². The van der Waals surface area contributed by atoms with Crippen molar-refractivity contribution in [2.75, 3.05) is 19.4 Å². The zero-order chi connectivity index (χ0) is 15.4. The van der Waals surface area contributed by atoms with Crippen LogP contribution in [-0.2, 0) is 6.54 Å². The van der Waals surface area contributed by atoms with E-state index in [9.17, 15) is 10.1 Å². The van der Waals surface area contributed by atoms with Gasteiger partial charge < -0.3 is 5.32 Å². The van der Waals surface area contributed by atoms with Crippen molar-refractivity contribution in [2.45, 2.75) is 19.5 Å². The summed E-state index contributed by atoms with van der Waals surface area (Å²) in [5, 5.41) is 16.0. The summed E-state index contributed by atoms with van der Waals surface area (Å²) in [5.74, 6) is 0. The van der Waals surface area contributed by atoms with Crippen molar-refractivity contribution in [3.8, 4) is 0 Å². The molecule has 1 aromatic heterocycles. The SMILES string of the molecule is CNc1ccc(CN(C)C(C)c2cccs2)cc1[N+](=O)[O-]. The summed E-state index contributed by atoms with van der Waals surface area (Å²) in [6.45, 7) is 2.81. The lowest BCUT2D eigenvalue weighted by atomic mass is 10.1. The molecule has 1 N–H and O–H groups in total. The van der Waals surface area contributed by atoms with Gasteiger partial charge in [0.1, 0.15) is 5.69 Å². The van der Waals surface area contributed by atoms with E-state index in [1.807, 2.05) is 19.2 Å². The molecule has 0 aliphatic rings. The van der Waals surface area contributed by atoms with E-state index in [0.29, 0.717) is 12.2 Å². The summed E-state index contributed by atoms with van der Waals surface area (Å²) in [6.07, 6.45) is 0. The lowest BCUT2D eigenvalue weighted by molar-refractivity contribution is -0.384. The van der Waals surface area contributed by atoms with Gasteiger partial charge in [0.2, 0.25) is 0 Å². The summed E-state index contributed by atoms with van der Waals surface area (Å²) < 4.78 is 0. The first-order valence-corrected chi connectivity index (χ1v) is 7.59. The van der Waals surface area contributed by atoms with Crippen LogP contribution in [0.3, 0.4) is 0 Å². The average Bonchev–Trinajstić information content (AvgIpc) is 3.00. The Morgan fingerprint density at radius 2 is 2.19 bits per heavy atom. The zero-order valence-corrected chi connectivity index (χ0v) is 13.2. The third-order valence-corrected chi connectivity index (χ3v) is 4.62. The molecule has 0 bridgehead atoms. The smallest absolute Gasteiger partial charge is 0.292 e. The third kappa shape index (κ3) is 3.59. The summed E-state index contributed by atoms with van der Waals surface area (Å²) in [7, 11) is 3.72. The molecule has 112 valence electrons. The summed E-state index contributed by atoms with van der Waals surface area (Å²) >= 11 is 1.72. The van der Waals surface area contributed by atoms with E-state index in [4.69, 9.17) is 0 Å². The summed E-state index contributed by atoms with van der Waals surface area (Å²) in [5.41, 5.74) is 1.59. The van der Waals surface area contributed by atoms with Crippen molar-refractivity contribution < 1.29 is 4.92 Å². The van der Waals surface area contributed by atoms with Gasteiger partial charge in [0, 0.05) is 30.6 Å². The maximum atomic E-state index is 11.1. The molecule has 2 rings (SSSR count). The van der Waals surface area contributed by atoms with Crippen LogP contribution in [-0.4, -0.2) is 23.9 Å². The highest BCUT2D eigenvalue weighted by Crippen LogP contribution is 2.28. The van der Waals surface area contributed by atoms with E-state index < -0.39 is 0 Å². The first kappa shape index (κ1) is 15.5. The molecule has 0 aliphatic carbocycles. The Morgan fingerprint density at radius 3 is 2.76 bits per heavy atom. The molecule has 1 unspecified atom stereocenters. The van der Waals surface area contributed by atoms with Crippen LogP contribution < -0.4 is 5.32 Å². The fourth-order valence-electron chi connectivity index (χ4n) is 2.21. The quantitative estimate of drug-likeness (QED) is 0.649. The van der Waals surface area contributed by atoms with Gasteiger partial charge in [0.25, 0.3) is 5.69 Å². The monoisotopic (exact) mass is 305 g/mol. The number of nitro benzene ring substituents is 1. The van der Waals surface area contributed by atoms with Gasteiger partial charge in [0.15, 0.2) is 0 Å². The molecule has 0 aliphatic heterocycles. The van der Waals surface area contributed by atoms with Crippen molar-refractivity contribution >= 4 is 22.7 Å². The van der Waals surface area contributed by atoms with E-state index in [2.05, 4.69) is 28.6 Å². The van der Waals surface area contributed by atoms with Crippen LogP contribution in [0.1, 0.15) is 23.4 Å². The van der Waals surface area contributed by atoms with E-state index in [-0.39, 0.29) is 16.7 Å². The predicted octanol–water partition coefficient (Wildman–Crippen LogP) is 3.89. The van der Waals surface area contributed by atoms with Crippen molar-refractivity contribution in [2.24, 2.45) is 0 Å². The Balaban J connectivity index is 2.16. The minimum absolute atomic E-state index is 0.118. The van der Waals surface area contributed by atoms with Crippen LogP contribution >= 0.6 is 11.3 Å². The number of anilines is 1. The molecule has 0 saturated heterocycles. The molecule has 1 atom stereocenters. The van der Waals surface area contributed by atoms with Gasteiger partial charge in [-0.2, -0.15) is 0 Å². The fourth-order valence-corrected chi connectivity index (χ4v) is 3.06. The largest absolute Gasteiger partial charge is 0.383 e. The molecular formula is C15H19N3O2S. The van der Waals surface area contributed by atoms with E-state index in [0.717, 1.165) is 5.56 Å². The molecule has 5 nitrogen and oxygen atoms in total. The second-order valence-corrected chi connectivity index (χ2v) is 5.94. The normalized spacial score (nSPS) is 12.4. The Morgan fingerprint density at radius 1 is 1.43 bits per heavy atom. The van der Waals surface area contributed by atoms with Crippen molar-refractivity contribution in [1.29, 1.82) is 0 Å². The first-order valence-electron chi connectivity index (χ1n) is 6.71. The summed E-state index contributed by atoms with van der Waals surface area (Å²) in [4.78, 5) is 14.2. The second-order valence-electron chi connectivity index (χ2n) is 4.97. The Hall–Kier alpha value is -1.92. The highest BCUT2D eigenvalue weighted by molar-refractivity contribution is 7.10. The molecule has 1 aromatic carbocycles. The average molecular weight is 305 g/mol. The van der Waals surface area contributed by atoms with Crippen LogP contribution in [0.15, 0.2) is 35.7 Å². The Kier molecular flexibility index (Phi) is 4.93. The number of benzene rings is 1. The first-order chi connectivity index (χ1) is 10.0. The molecule has 0 fully saturated rings. The van der Waals surface area contributed by atoms with Crippen LogP contribution in [0.25, 0.3) is 0 Å². The fraction of sp³-hybridized carbons (Fsp3) is 0.333. The lowest BCUT2D eigenvalue weighted by Gasteiger charge is -2.23. The Bertz CT molecular complexity index is 613. The molecule has 0 saturated carbocycles. The number of hydrogen-bond acceptors (Lipinski definition) is 5. The zero-order valence-electron chi connectivity index (χ0n) is 12.4. The minimum Gasteiger partial charge on any atom is -0.383 e. The number of nitrogens with one attached hydrogen (secondary N) is 1. The van der Waals surface area contributed by atoms with Crippen molar-refractivity contribution in [3.63, 3.8) is 0 Å². The standard InChI is InChI=1S/C15H19N3O2S/c1-11(15-5-4-8-21-15)17(3)10-12-6-7-13(16-2)14(9-12)18(19)20/h4-9,11,16H,10H2,1-3H3. The van der Waals surface area contributed by atoms with Gasteiger partial charge in [-0.1, -0.05) is 12.1 Å². The maximum Gasteiger partial charge on any atom is 0.292 e.